The summed E-state index contributed by atoms with van der Waals surface area (Å²) >= 11 is 0. The number of urea groups is 1. The van der Waals surface area contributed by atoms with Gasteiger partial charge < -0.3 is 10.2 Å². The molecule has 0 bridgehead atoms. The van der Waals surface area contributed by atoms with E-state index in [1.807, 2.05) is 18.0 Å². The molecule has 2 heterocycles. The van der Waals surface area contributed by atoms with Crippen LogP contribution in [0.3, 0.4) is 0 Å². The Bertz CT molecular complexity index is 444. The van der Waals surface area contributed by atoms with Crippen molar-refractivity contribution >= 4 is 17.4 Å². The van der Waals surface area contributed by atoms with Crippen LogP contribution in [0.5, 0.6) is 0 Å². The molecule has 0 aliphatic carbocycles. The van der Waals surface area contributed by atoms with Crippen molar-refractivity contribution in [3.8, 4) is 0 Å². The van der Waals surface area contributed by atoms with Crippen LogP contribution in [-0.4, -0.2) is 37.6 Å². The molecule has 1 fully saturated rings. The Hall–Kier alpha value is -1.71. The number of nitrogens with one attached hydrogen (secondary N) is 1. The first-order valence-corrected chi connectivity index (χ1v) is 5.65. The lowest BCUT2D eigenvalue weighted by molar-refractivity contribution is 0.229. The minimum absolute atomic E-state index is 0.0953. The average molecular weight is 217 g/mol. The predicted molar refractivity (Wildman–Crippen MR) is 64.0 cm³/mol. The second-order valence-electron chi connectivity index (χ2n) is 4.37. The van der Waals surface area contributed by atoms with Crippen LogP contribution < -0.4 is 10.2 Å². The number of fused-ring (bicyclic) bond motifs is 1. The third-order valence-electron chi connectivity index (χ3n) is 3.33. The molecule has 1 saturated heterocycles. The van der Waals surface area contributed by atoms with Gasteiger partial charge >= 0.3 is 6.03 Å². The summed E-state index contributed by atoms with van der Waals surface area (Å²) in [6.45, 7) is 2.60. The van der Waals surface area contributed by atoms with Crippen LogP contribution in [-0.2, 0) is 6.42 Å². The zero-order chi connectivity index (χ0) is 11.1. The van der Waals surface area contributed by atoms with Crippen LogP contribution >= 0.6 is 0 Å². The summed E-state index contributed by atoms with van der Waals surface area (Å²) < 4.78 is 0. The largest absolute Gasteiger partial charge is 0.384 e. The average Bonchev–Trinajstić information content (AvgIpc) is 2.86. The minimum Gasteiger partial charge on any atom is -0.384 e. The van der Waals surface area contributed by atoms with E-state index in [1.165, 1.54) is 11.3 Å². The molecule has 0 aromatic heterocycles. The molecule has 4 nitrogen and oxygen atoms in total. The molecule has 2 aliphatic heterocycles. The van der Waals surface area contributed by atoms with Crippen molar-refractivity contribution in [1.82, 2.24) is 4.90 Å². The van der Waals surface area contributed by atoms with Gasteiger partial charge in [-0.3, -0.25) is 4.90 Å². The highest BCUT2D eigenvalue weighted by atomic mass is 16.2. The number of benzene rings is 1. The van der Waals surface area contributed by atoms with E-state index in [1.54, 1.807) is 4.90 Å². The molecule has 16 heavy (non-hydrogen) atoms. The number of hydrogen-bond acceptors (Lipinski definition) is 2. The quantitative estimate of drug-likeness (QED) is 0.774. The number of anilines is 2. The van der Waals surface area contributed by atoms with Gasteiger partial charge in [0, 0.05) is 38.1 Å². The monoisotopic (exact) mass is 217 g/mol. The zero-order valence-electron chi connectivity index (χ0n) is 9.36. The first-order chi connectivity index (χ1) is 7.75. The first-order valence-electron chi connectivity index (χ1n) is 5.65. The minimum atomic E-state index is 0.0953. The number of amides is 2. The summed E-state index contributed by atoms with van der Waals surface area (Å²) in [4.78, 5) is 15.4. The van der Waals surface area contributed by atoms with E-state index in [4.69, 9.17) is 0 Å². The van der Waals surface area contributed by atoms with Gasteiger partial charge in [0.15, 0.2) is 0 Å². The van der Waals surface area contributed by atoms with Crippen molar-refractivity contribution in [2.24, 2.45) is 0 Å². The Morgan fingerprint density at radius 3 is 2.94 bits per heavy atom. The van der Waals surface area contributed by atoms with E-state index in [2.05, 4.69) is 17.4 Å². The third kappa shape index (κ3) is 1.33. The van der Waals surface area contributed by atoms with Crippen molar-refractivity contribution in [3.63, 3.8) is 0 Å². The van der Waals surface area contributed by atoms with Gasteiger partial charge in [-0.2, -0.15) is 0 Å². The molecule has 0 spiro atoms. The number of rotatable bonds is 1. The SMILES string of the molecule is CN1CCN(c2ccc3c(c2)NCC3)C1=O. The van der Waals surface area contributed by atoms with Crippen LogP contribution in [0.15, 0.2) is 18.2 Å². The Labute approximate surface area is 94.8 Å². The van der Waals surface area contributed by atoms with E-state index in [9.17, 15) is 4.79 Å². The van der Waals surface area contributed by atoms with Gasteiger partial charge in [-0.25, -0.2) is 4.79 Å². The number of nitrogens with zero attached hydrogens (tertiary/aromatic N) is 2. The normalized spacial score (nSPS) is 18.9. The number of carbonyl (C=O) groups excluding carboxylic acids is 1. The summed E-state index contributed by atoms with van der Waals surface area (Å²) in [7, 11) is 1.84. The summed E-state index contributed by atoms with van der Waals surface area (Å²) in [6.07, 6.45) is 1.09. The number of likely N-dealkylation sites (N-methyl/N-ethyl adjacent to an activating group) is 1. The van der Waals surface area contributed by atoms with Crippen molar-refractivity contribution in [1.29, 1.82) is 0 Å². The molecule has 1 N–H and O–H groups in total. The maximum absolute atomic E-state index is 11.8. The van der Waals surface area contributed by atoms with E-state index in [0.29, 0.717) is 0 Å². The molecule has 1 aromatic rings. The highest BCUT2D eigenvalue weighted by Gasteiger charge is 2.27. The molecule has 2 amide bonds. The Morgan fingerprint density at radius 2 is 2.19 bits per heavy atom. The van der Waals surface area contributed by atoms with Gasteiger partial charge in [0.1, 0.15) is 0 Å². The van der Waals surface area contributed by atoms with Crippen molar-refractivity contribution in [2.75, 3.05) is 36.9 Å². The van der Waals surface area contributed by atoms with E-state index in [0.717, 1.165) is 31.7 Å². The molecule has 84 valence electrons. The molecular formula is C12H15N3O. The van der Waals surface area contributed by atoms with Crippen molar-refractivity contribution in [2.45, 2.75) is 6.42 Å². The van der Waals surface area contributed by atoms with E-state index in [-0.39, 0.29) is 6.03 Å². The van der Waals surface area contributed by atoms with Gasteiger partial charge in [0.25, 0.3) is 0 Å². The Kier molecular flexibility index (Phi) is 2.02. The summed E-state index contributed by atoms with van der Waals surface area (Å²) in [5.74, 6) is 0. The first kappa shape index (κ1) is 9.51. The van der Waals surface area contributed by atoms with Crippen LogP contribution in [0.4, 0.5) is 16.2 Å². The van der Waals surface area contributed by atoms with E-state index < -0.39 is 0 Å². The molecule has 0 radical (unpaired) electrons. The number of hydrogen-bond donors (Lipinski definition) is 1. The standard InChI is InChI=1S/C12H15N3O/c1-14-6-7-15(12(14)16)10-3-2-9-4-5-13-11(9)8-10/h2-3,8,13H,4-7H2,1H3. The fraction of sp³-hybridized carbons (Fsp3) is 0.417. The van der Waals surface area contributed by atoms with Crippen LogP contribution in [0, 0.1) is 0 Å². The summed E-state index contributed by atoms with van der Waals surface area (Å²) in [6, 6.07) is 6.34. The van der Waals surface area contributed by atoms with Crippen molar-refractivity contribution in [3.05, 3.63) is 23.8 Å². The molecule has 2 aliphatic rings. The maximum atomic E-state index is 11.8. The smallest absolute Gasteiger partial charge is 0.324 e. The lowest BCUT2D eigenvalue weighted by atomic mass is 10.1. The second-order valence-corrected chi connectivity index (χ2v) is 4.37. The van der Waals surface area contributed by atoms with Crippen LogP contribution in [0.1, 0.15) is 5.56 Å². The van der Waals surface area contributed by atoms with Gasteiger partial charge in [-0.1, -0.05) is 6.07 Å². The zero-order valence-corrected chi connectivity index (χ0v) is 9.36. The predicted octanol–water partition coefficient (Wildman–Crippen LogP) is 1.53. The number of carbonyl (C=O) groups is 1. The summed E-state index contributed by atoms with van der Waals surface area (Å²) in [5, 5.41) is 3.34. The maximum Gasteiger partial charge on any atom is 0.324 e. The second kappa shape index (κ2) is 3.40. The van der Waals surface area contributed by atoms with E-state index >= 15 is 0 Å². The fourth-order valence-electron chi connectivity index (χ4n) is 2.33. The van der Waals surface area contributed by atoms with Gasteiger partial charge in [0.05, 0.1) is 0 Å². The topological polar surface area (TPSA) is 35.6 Å². The van der Waals surface area contributed by atoms with Crippen LogP contribution in [0.2, 0.25) is 0 Å². The lowest BCUT2D eigenvalue weighted by Crippen LogP contribution is -2.29. The molecule has 4 heteroatoms. The van der Waals surface area contributed by atoms with Crippen LogP contribution in [0.25, 0.3) is 0 Å². The van der Waals surface area contributed by atoms with Gasteiger partial charge in [0.2, 0.25) is 0 Å². The molecule has 0 unspecified atom stereocenters. The Morgan fingerprint density at radius 1 is 1.31 bits per heavy atom. The highest BCUT2D eigenvalue weighted by molar-refractivity contribution is 5.94. The van der Waals surface area contributed by atoms with Crippen molar-refractivity contribution < 1.29 is 4.79 Å². The third-order valence-corrected chi connectivity index (χ3v) is 3.33. The van der Waals surface area contributed by atoms with Gasteiger partial charge in [-0.15, -0.1) is 0 Å². The molecular weight excluding hydrogens is 202 g/mol. The fourth-order valence-corrected chi connectivity index (χ4v) is 2.33. The molecule has 0 atom stereocenters. The molecule has 1 aromatic carbocycles. The molecule has 0 saturated carbocycles. The lowest BCUT2D eigenvalue weighted by Gasteiger charge is -2.17. The summed E-state index contributed by atoms with van der Waals surface area (Å²) in [5.41, 5.74) is 3.53. The van der Waals surface area contributed by atoms with Gasteiger partial charge in [-0.05, 0) is 24.1 Å². The highest BCUT2D eigenvalue weighted by Crippen LogP contribution is 2.29. The Balaban J connectivity index is 1.93. The molecule has 3 rings (SSSR count).